The van der Waals surface area contributed by atoms with Gasteiger partial charge in [0.25, 0.3) is 5.91 Å². The van der Waals surface area contributed by atoms with Gasteiger partial charge in [-0.2, -0.15) is 0 Å². The molecule has 3 N–H and O–H groups in total. The number of nitrogen functional groups attached to an aromatic ring is 1. The van der Waals surface area contributed by atoms with Crippen molar-refractivity contribution in [1.29, 1.82) is 0 Å². The number of hydrogen-bond donors (Lipinski definition) is 2. The second kappa shape index (κ2) is 6.91. The molecule has 0 saturated heterocycles. The molecule has 1 aromatic heterocycles. The summed E-state index contributed by atoms with van der Waals surface area (Å²) in [7, 11) is 0. The Morgan fingerprint density at radius 2 is 2.05 bits per heavy atom. The zero-order valence-corrected chi connectivity index (χ0v) is 13.3. The Hall–Kier alpha value is -1.59. The molecule has 4 nitrogen and oxygen atoms in total. The third-order valence-corrected chi connectivity index (χ3v) is 4.84. The van der Waals surface area contributed by atoms with Gasteiger partial charge in [-0.1, -0.05) is 13.8 Å². The Labute approximate surface area is 129 Å². The van der Waals surface area contributed by atoms with Crippen molar-refractivity contribution in [3.63, 3.8) is 0 Å². The van der Waals surface area contributed by atoms with Crippen molar-refractivity contribution in [2.75, 3.05) is 18.9 Å². The Bertz CT molecular complexity index is 620. The van der Waals surface area contributed by atoms with Crippen LogP contribution in [-0.4, -0.2) is 35.1 Å². The van der Waals surface area contributed by atoms with Crippen molar-refractivity contribution in [1.82, 2.24) is 4.90 Å². The highest BCUT2D eigenvalue weighted by atomic mass is 32.1. The molecular weight excluding hydrogens is 284 g/mol. The molecule has 114 valence electrons. The van der Waals surface area contributed by atoms with Crippen LogP contribution in [0.1, 0.15) is 36.4 Å². The van der Waals surface area contributed by atoms with Crippen LogP contribution in [0.25, 0.3) is 10.1 Å². The van der Waals surface area contributed by atoms with Gasteiger partial charge in [-0.3, -0.25) is 4.79 Å². The number of rotatable bonds is 6. The molecule has 0 radical (unpaired) electrons. The van der Waals surface area contributed by atoms with E-state index in [0.717, 1.165) is 22.9 Å². The first-order valence-electron chi connectivity index (χ1n) is 7.31. The van der Waals surface area contributed by atoms with Crippen LogP contribution in [0, 0.1) is 0 Å². The van der Waals surface area contributed by atoms with E-state index in [1.807, 2.05) is 24.3 Å². The van der Waals surface area contributed by atoms with Gasteiger partial charge in [0.05, 0.1) is 11.5 Å². The standard InChI is InChI=1S/C16H22N2O2S/c1-3-13(4-2)18(7-8-19)16(20)15-10-11-9-12(17)5-6-14(11)21-15/h5-6,9-10,13,19H,3-4,7-8,17H2,1-2H3. The van der Waals surface area contributed by atoms with Crippen molar-refractivity contribution in [3.8, 4) is 0 Å². The smallest absolute Gasteiger partial charge is 0.264 e. The molecule has 1 heterocycles. The highest BCUT2D eigenvalue weighted by molar-refractivity contribution is 7.20. The maximum absolute atomic E-state index is 12.7. The SMILES string of the molecule is CCC(CC)N(CCO)C(=O)c1cc2cc(N)ccc2s1. The van der Waals surface area contributed by atoms with Crippen LogP contribution in [0.5, 0.6) is 0 Å². The minimum atomic E-state index is -0.0138. The van der Waals surface area contributed by atoms with Gasteiger partial charge in [0.15, 0.2) is 0 Å². The molecule has 1 amide bonds. The number of carbonyl (C=O) groups excluding carboxylic acids is 1. The van der Waals surface area contributed by atoms with E-state index in [9.17, 15) is 9.90 Å². The average molecular weight is 306 g/mol. The average Bonchev–Trinajstić information content (AvgIpc) is 2.89. The fraction of sp³-hybridized carbons (Fsp3) is 0.438. The van der Waals surface area contributed by atoms with E-state index in [4.69, 9.17) is 5.73 Å². The van der Waals surface area contributed by atoms with Gasteiger partial charge < -0.3 is 15.7 Å². The fourth-order valence-electron chi connectivity index (χ4n) is 2.60. The summed E-state index contributed by atoms with van der Waals surface area (Å²) in [5, 5.41) is 10.2. The number of nitrogens with zero attached hydrogens (tertiary/aromatic N) is 1. The molecule has 0 saturated carbocycles. The molecule has 0 aliphatic rings. The highest BCUT2D eigenvalue weighted by Gasteiger charge is 2.23. The van der Waals surface area contributed by atoms with Crippen molar-refractivity contribution in [2.24, 2.45) is 0 Å². The van der Waals surface area contributed by atoms with E-state index in [-0.39, 0.29) is 18.6 Å². The maximum Gasteiger partial charge on any atom is 0.264 e. The van der Waals surface area contributed by atoms with Gasteiger partial charge in [-0.05, 0) is 42.5 Å². The van der Waals surface area contributed by atoms with Crippen molar-refractivity contribution >= 4 is 33.0 Å². The molecule has 2 rings (SSSR count). The lowest BCUT2D eigenvalue weighted by molar-refractivity contribution is 0.0627. The molecule has 0 fully saturated rings. The second-order valence-corrected chi connectivity index (χ2v) is 6.18. The molecule has 0 spiro atoms. The van der Waals surface area contributed by atoms with Crippen LogP contribution in [0.3, 0.4) is 0 Å². The molecule has 0 atom stereocenters. The summed E-state index contributed by atoms with van der Waals surface area (Å²) in [6.07, 6.45) is 1.78. The molecule has 21 heavy (non-hydrogen) atoms. The summed E-state index contributed by atoms with van der Waals surface area (Å²) in [4.78, 5) is 15.2. The first-order chi connectivity index (χ1) is 10.1. The molecule has 0 aliphatic heterocycles. The Kier molecular flexibility index (Phi) is 5.20. The Morgan fingerprint density at radius 1 is 1.33 bits per heavy atom. The summed E-state index contributed by atoms with van der Waals surface area (Å²) in [5.41, 5.74) is 6.48. The number of benzene rings is 1. The van der Waals surface area contributed by atoms with Crippen LogP contribution < -0.4 is 5.73 Å². The molecule has 0 aliphatic carbocycles. The molecule has 2 aromatic rings. The van der Waals surface area contributed by atoms with Gasteiger partial charge in [0, 0.05) is 23.0 Å². The maximum atomic E-state index is 12.7. The number of aliphatic hydroxyl groups is 1. The third kappa shape index (κ3) is 3.36. The summed E-state index contributed by atoms with van der Waals surface area (Å²) >= 11 is 1.48. The lowest BCUT2D eigenvalue weighted by atomic mass is 10.1. The van der Waals surface area contributed by atoms with E-state index in [1.54, 1.807) is 4.90 Å². The summed E-state index contributed by atoms with van der Waals surface area (Å²) < 4.78 is 1.06. The zero-order chi connectivity index (χ0) is 15.4. The van der Waals surface area contributed by atoms with Gasteiger partial charge >= 0.3 is 0 Å². The van der Waals surface area contributed by atoms with Crippen LogP contribution in [0.2, 0.25) is 0 Å². The summed E-state index contributed by atoms with van der Waals surface area (Å²) in [5.74, 6) is -0.00229. The number of aliphatic hydroxyl groups excluding tert-OH is 1. The largest absolute Gasteiger partial charge is 0.399 e. The number of anilines is 1. The molecule has 0 unspecified atom stereocenters. The molecule has 1 aromatic carbocycles. The van der Waals surface area contributed by atoms with Crippen molar-refractivity contribution in [2.45, 2.75) is 32.7 Å². The number of amides is 1. The normalized spacial score (nSPS) is 11.2. The quantitative estimate of drug-likeness (QED) is 0.806. The number of hydrogen-bond acceptors (Lipinski definition) is 4. The van der Waals surface area contributed by atoms with Gasteiger partial charge in [-0.25, -0.2) is 0 Å². The Balaban J connectivity index is 2.33. The van der Waals surface area contributed by atoms with Crippen LogP contribution in [0.4, 0.5) is 5.69 Å². The predicted molar refractivity (Wildman–Crippen MR) is 88.7 cm³/mol. The van der Waals surface area contributed by atoms with E-state index in [0.29, 0.717) is 17.1 Å². The molecular formula is C16H22N2O2S. The number of nitrogens with two attached hydrogens (primary N) is 1. The summed E-state index contributed by atoms with van der Waals surface area (Å²) in [6, 6.07) is 7.74. The summed E-state index contributed by atoms with van der Waals surface area (Å²) in [6.45, 7) is 4.50. The topological polar surface area (TPSA) is 66.6 Å². The number of thiophene rings is 1. The Morgan fingerprint density at radius 3 is 2.67 bits per heavy atom. The van der Waals surface area contributed by atoms with E-state index >= 15 is 0 Å². The minimum absolute atomic E-state index is 0.00229. The second-order valence-electron chi connectivity index (χ2n) is 5.10. The lowest BCUT2D eigenvalue weighted by Gasteiger charge is -2.29. The van der Waals surface area contributed by atoms with Crippen LogP contribution in [0.15, 0.2) is 24.3 Å². The van der Waals surface area contributed by atoms with Crippen LogP contribution in [-0.2, 0) is 0 Å². The fourth-order valence-corrected chi connectivity index (χ4v) is 3.60. The first kappa shape index (κ1) is 15.8. The van der Waals surface area contributed by atoms with Gasteiger partial charge in [0.2, 0.25) is 0 Å². The number of carbonyl (C=O) groups is 1. The third-order valence-electron chi connectivity index (χ3n) is 3.74. The predicted octanol–water partition coefficient (Wildman–Crippen LogP) is 3.11. The minimum Gasteiger partial charge on any atom is -0.399 e. The van der Waals surface area contributed by atoms with Gasteiger partial charge in [-0.15, -0.1) is 11.3 Å². The van der Waals surface area contributed by atoms with Crippen molar-refractivity contribution < 1.29 is 9.90 Å². The molecule has 5 heteroatoms. The van der Waals surface area contributed by atoms with E-state index < -0.39 is 0 Å². The van der Waals surface area contributed by atoms with E-state index in [1.165, 1.54) is 11.3 Å². The highest BCUT2D eigenvalue weighted by Crippen LogP contribution is 2.29. The lowest BCUT2D eigenvalue weighted by Crippen LogP contribution is -2.41. The number of fused-ring (bicyclic) bond motifs is 1. The van der Waals surface area contributed by atoms with Crippen LogP contribution >= 0.6 is 11.3 Å². The molecule has 0 bridgehead atoms. The zero-order valence-electron chi connectivity index (χ0n) is 12.5. The monoisotopic (exact) mass is 306 g/mol. The van der Waals surface area contributed by atoms with Gasteiger partial charge in [0.1, 0.15) is 0 Å². The van der Waals surface area contributed by atoms with E-state index in [2.05, 4.69) is 13.8 Å². The van der Waals surface area contributed by atoms with Crippen molar-refractivity contribution in [3.05, 3.63) is 29.1 Å². The first-order valence-corrected chi connectivity index (χ1v) is 8.13.